The largest absolute Gasteiger partial charge is 0.490 e. The fourth-order valence-corrected chi connectivity index (χ4v) is 3.01. The van der Waals surface area contributed by atoms with Gasteiger partial charge < -0.3 is 15.2 Å². The van der Waals surface area contributed by atoms with E-state index >= 15 is 0 Å². The highest BCUT2D eigenvalue weighted by Crippen LogP contribution is 2.34. The van der Waals surface area contributed by atoms with Crippen LogP contribution in [0.2, 0.25) is 5.02 Å². The van der Waals surface area contributed by atoms with Gasteiger partial charge in [0.2, 0.25) is 0 Å². The topological polar surface area (TPSA) is 58.6 Å². The minimum Gasteiger partial charge on any atom is -0.490 e. The zero-order valence-corrected chi connectivity index (χ0v) is 16.5. The fraction of sp³-hybridized carbons (Fsp3) is 0.381. The molecule has 0 amide bonds. The van der Waals surface area contributed by atoms with Crippen LogP contribution in [0.3, 0.4) is 0 Å². The van der Waals surface area contributed by atoms with Crippen LogP contribution in [0.25, 0.3) is 0 Å². The Morgan fingerprint density at radius 2 is 1.92 bits per heavy atom. The molecule has 0 aliphatic heterocycles. The number of ether oxygens (including phenoxy) is 1. The smallest absolute Gasteiger partial charge is 0.153 e. The first-order valence-electron chi connectivity index (χ1n) is 8.64. The van der Waals surface area contributed by atoms with Gasteiger partial charge in [0.05, 0.1) is 16.2 Å². The van der Waals surface area contributed by atoms with Gasteiger partial charge in [-0.3, -0.25) is 4.79 Å². The molecule has 0 atom stereocenters. The Labute approximate surface area is 160 Å². The van der Waals surface area contributed by atoms with Gasteiger partial charge in [0.25, 0.3) is 0 Å². The van der Waals surface area contributed by atoms with Crippen LogP contribution in [-0.4, -0.2) is 31.6 Å². The number of halogens is 1. The van der Waals surface area contributed by atoms with Crippen LogP contribution in [0.4, 0.5) is 0 Å². The number of hydrogen-bond acceptors (Lipinski definition) is 4. The molecule has 2 N–H and O–H groups in total. The molecule has 0 bridgehead atoms. The Kier molecular flexibility index (Phi) is 6.81. The summed E-state index contributed by atoms with van der Waals surface area (Å²) in [7, 11) is 1.84. The molecule has 0 unspecified atom stereocenters. The number of rotatable bonds is 8. The third-order valence-corrected chi connectivity index (χ3v) is 4.84. The summed E-state index contributed by atoms with van der Waals surface area (Å²) in [6, 6.07) is 9.65. The number of benzene rings is 2. The summed E-state index contributed by atoms with van der Waals surface area (Å²) in [6.07, 6.45) is 1.43. The summed E-state index contributed by atoms with van der Waals surface area (Å²) in [5, 5.41) is 13.5. The molecule has 26 heavy (non-hydrogen) atoms. The van der Waals surface area contributed by atoms with Crippen LogP contribution >= 0.6 is 11.6 Å². The summed E-state index contributed by atoms with van der Waals surface area (Å²) < 4.78 is 5.68. The van der Waals surface area contributed by atoms with E-state index in [9.17, 15) is 9.90 Å². The Bertz CT molecular complexity index is 764. The number of carbonyl (C=O) groups is 1. The van der Waals surface area contributed by atoms with Gasteiger partial charge in [-0.2, -0.15) is 0 Å². The number of aldehydes is 1. The van der Waals surface area contributed by atoms with Crippen LogP contribution in [0.1, 0.15) is 46.5 Å². The Hall–Kier alpha value is -1.88. The molecular formula is C21H26ClNO3. The third kappa shape index (κ3) is 4.85. The van der Waals surface area contributed by atoms with Gasteiger partial charge in [0.15, 0.2) is 6.29 Å². The van der Waals surface area contributed by atoms with E-state index in [2.05, 4.69) is 5.32 Å². The highest BCUT2D eigenvalue weighted by molar-refractivity contribution is 6.33. The van der Waals surface area contributed by atoms with Gasteiger partial charge in [-0.25, -0.2) is 0 Å². The molecule has 0 saturated heterocycles. The van der Waals surface area contributed by atoms with Crippen molar-refractivity contribution < 1.29 is 14.6 Å². The maximum Gasteiger partial charge on any atom is 0.153 e. The van der Waals surface area contributed by atoms with Gasteiger partial charge >= 0.3 is 0 Å². The van der Waals surface area contributed by atoms with Crippen molar-refractivity contribution in [1.82, 2.24) is 5.32 Å². The normalized spacial score (nSPS) is 11.5. The first kappa shape index (κ1) is 20.4. The molecule has 2 rings (SSSR count). The van der Waals surface area contributed by atoms with E-state index < -0.39 is 5.60 Å². The number of nitrogens with one attached hydrogen (secondary N) is 1. The second-order valence-corrected chi connectivity index (χ2v) is 7.27. The summed E-state index contributed by atoms with van der Waals surface area (Å²) in [6.45, 7) is 6.56. The highest BCUT2D eigenvalue weighted by Gasteiger charge is 2.17. The predicted molar refractivity (Wildman–Crippen MR) is 105 cm³/mol. The molecule has 0 aliphatic rings. The molecule has 0 aromatic heterocycles. The molecule has 0 spiro atoms. The Balaban J connectivity index is 2.29. The van der Waals surface area contributed by atoms with Crippen LogP contribution in [0.5, 0.6) is 5.75 Å². The molecule has 0 radical (unpaired) electrons. The molecule has 5 heteroatoms. The first-order valence-corrected chi connectivity index (χ1v) is 9.02. The highest BCUT2D eigenvalue weighted by atomic mass is 35.5. The van der Waals surface area contributed by atoms with Gasteiger partial charge in [-0.05, 0) is 62.6 Å². The third-order valence-electron chi connectivity index (χ3n) is 4.38. The number of carbonyl (C=O) groups excluding carboxylic acids is 1. The maximum atomic E-state index is 11.5. The Morgan fingerprint density at radius 1 is 1.27 bits per heavy atom. The van der Waals surface area contributed by atoms with E-state index in [0.29, 0.717) is 35.9 Å². The van der Waals surface area contributed by atoms with Gasteiger partial charge in [-0.15, -0.1) is 0 Å². The van der Waals surface area contributed by atoms with E-state index in [1.165, 1.54) is 0 Å². The monoisotopic (exact) mass is 375 g/mol. The van der Waals surface area contributed by atoms with Gasteiger partial charge in [0.1, 0.15) is 12.4 Å². The number of hydrogen-bond donors (Lipinski definition) is 2. The van der Waals surface area contributed by atoms with Crippen molar-refractivity contribution in [2.75, 3.05) is 20.2 Å². The van der Waals surface area contributed by atoms with Crippen LogP contribution in [-0.2, 0) is 12.0 Å². The summed E-state index contributed by atoms with van der Waals surface area (Å²) in [5.41, 5.74) is 3.42. The lowest BCUT2D eigenvalue weighted by Gasteiger charge is -2.18. The van der Waals surface area contributed by atoms with E-state index in [0.717, 1.165) is 28.5 Å². The van der Waals surface area contributed by atoms with Crippen molar-refractivity contribution in [3.63, 3.8) is 0 Å². The van der Waals surface area contributed by atoms with Gasteiger partial charge in [0, 0.05) is 6.54 Å². The van der Waals surface area contributed by atoms with E-state index in [-0.39, 0.29) is 0 Å². The second kappa shape index (κ2) is 8.67. The average Bonchev–Trinajstić information content (AvgIpc) is 2.60. The molecule has 0 aliphatic carbocycles. The zero-order valence-electron chi connectivity index (χ0n) is 15.7. The van der Waals surface area contributed by atoms with Crippen LogP contribution in [0, 0.1) is 6.92 Å². The first-order chi connectivity index (χ1) is 12.3. The minimum absolute atomic E-state index is 0.439. The molecule has 140 valence electrons. The van der Waals surface area contributed by atoms with Crippen molar-refractivity contribution in [2.45, 2.75) is 32.8 Å². The van der Waals surface area contributed by atoms with Gasteiger partial charge in [-0.1, -0.05) is 35.9 Å². The lowest BCUT2D eigenvalue weighted by molar-refractivity contribution is 0.0786. The standard InChI is InChI=1S/C21H26ClNO3/c1-14-16(11-15-5-7-18(8-6-15)21(2,3)25)12-17(13-24)20(19(14)22)26-10-9-23-4/h5-8,12-13,23,25H,9-11H2,1-4H3. The SMILES string of the molecule is CNCCOc1c(C=O)cc(Cc2ccc(C(C)(C)O)cc2)c(C)c1Cl. The molecule has 2 aromatic rings. The van der Waals surface area contributed by atoms with Crippen molar-refractivity contribution in [3.8, 4) is 5.75 Å². The predicted octanol–water partition coefficient (Wildman–Crippen LogP) is 3.88. The zero-order chi connectivity index (χ0) is 19.3. The van der Waals surface area contributed by atoms with Crippen LogP contribution in [0.15, 0.2) is 30.3 Å². The van der Waals surface area contributed by atoms with Crippen LogP contribution < -0.4 is 10.1 Å². The van der Waals surface area contributed by atoms with Crippen molar-refractivity contribution in [1.29, 1.82) is 0 Å². The molecule has 0 heterocycles. The minimum atomic E-state index is -0.866. The van der Waals surface area contributed by atoms with Crippen molar-refractivity contribution >= 4 is 17.9 Å². The Morgan fingerprint density at radius 3 is 2.46 bits per heavy atom. The summed E-state index contributed by atoms with van der Waals surface area (Å²) in [5.74, 6) is 0.440. The van der Waals surface area contributed by atoms with Crippen molar-refractivity contribution in [3.05, 3.63) is 63.2 Å². The van der Waals surface area contributed by atoms with E-state index in [1.807, 2.05) is 44.3 Å². The fourth-order valence-electron chi connectivity index (χ4n) is 2.72. The van der Waals surface area contributed by atoms with E-state index in [1.54, 1.807) is 13.8 Å². The quantitative estimate of drug-likeness (QED) is 0.543. The molecule has 0 saturated carbocycles. The lowest BCUT2D eigenvalue weighted by Crippen LogP contribution is -2.17. The molecule has 0 fully saturated rings. The molecular weight excluding hydrogens is 350 g/mol. The maximum absolute atomic E-state index is 11.5. The number of likely N-dealkylation sites (N-methyl/N-ethyl adjacent to an activating group) is 1. The lowest BCUT2D eigenvalue weighted by atomic mass is 9.94. The molecule has 4 nitrogen and oxygen atoms in total. The second-order valence-electron chi connectivity index (χ2n) is 6.90. The summed E-state index contributed by atoms with van der Waals surface area (Å²) in [4.78, 5) is 11.5. The number of aliphatic hydroxyl groups is 1. The summed E-state index contributed by atoms with van der Waals surface area (Å²) >= 11 is 6.48. The van der Waals surface area contributed by atoms with Crippen molar-refractivity contribution in [2.24, 2.45) is 0 Å². The van der Waals surface area contributed by atoms with E-state index in [4.69, 9.17) is 16.3 Å². The average molecular weight is 376 g/mol. The molecule has 2 aromatic carbocycles.